The zero-order valence-electron chi connectivity index (χ0n) is 29.0. The number of fused-ring (bicyclic) bond motifs is 5. The van der Waals surface area contributed by atoms with Gasteiger partial charge in [0, 0.05) is 50.9 Å². The molecule has 266 valence electrons. The fourth-order valence-electron chi connectivity index (χ4n) is 10.6. The number of ether oxygens (including phenoxy) is 3. The van der Waals surface area contributed by atoms with Crippen LogP contribution in [0.15, 0.2) is 0 Å². The first-order valence-corrected chi connectivity index (χ1v) is 17.4. The predicted octanol–water partition coefficient (Wildman–Crippen LogP) is 7.19. The summed E-state index contributed by atoms with van der Waals surface area (Å²) in [7, 11) is 0. The van der Waals surface area contributed by atoms with Crippen molar-refractivity contribution >= 4 is 29.5 Å². The smallest absolute Gasteiger partial charge is 0.450 e. The summed E-state index contributed by atoms with van der Waals surface area (Å²) in [6.07, 6.45) is 0.118. The number of halogens is 3. The molecule has 0 saturated heterocycles. The second kappa shape index (κ2) is 14.2. The van der Waals surface area contributed by atoms with Crippen LogP contribution in [0.3, 0.4) is 0 Å². The van der Waals surface area contributed by atoms with E-state index in [1.54, 1.807) is 0 Å². The maximum absolute atomic E-state index is 12.8. The van der Waals surface area contributed by atoms with Gasteiger partial charge in [0.2, 0.25) is 5.78 Å². The first kappa shape index (κ1) is 37.4. The van der Waals surface area contributed by atoms with Crippen LogP contribution in [0.2, 0.25) is 0 Å². The van der Waals surface area contributed by atoms with Gasteiger partial charge in [0.15, 0.2) is 0 Å². The Bertz CT molecular complexity index is 1220. The molecule has 11 heteroatoms. The fourth-order valence-corrected chi connectivity index (χ4v) is 10.6. The molecule has 0 aromatic rings. The molecule has 0 aromatic heterocycles. The molecule has 0 heterocycles. The number of esters is 3. The Labute approximate surface area is 276 Å². The molecule has 0 spiro atoms. The molecule has 4 aliphatic carbocycles. The summed E-state index contributed by atoms with van der Waals surface area (Å²) in [5.41, 5.74) is -0.544. The molecule has 0 N–H and O–H groups in total. The average molecular weight is 671 g/mol. The maximum atomic E-state index is 12.8. The highest BCUT2D eigenvalue weighted by atomic mass is 19.4. The van der Waals surface area contributed by atoms with E-state index in [1.807, 2.05) is 0 Å². The highest BCUT2D eigenvalue weighted by molar-refractivity contribution is 5.86. The summed E-state index contributed by atoms with van der Waals surface area (Å²) in [4.78, 5) is 61.1. The zero-order valence-corrected chi connectivity index (χ0v) is 29.0. The fraction of sp³-hybridized carbons (Fsp3) is 0.861. The standard InChI is InChI=1S/C36H53F3O8/c1-19(8-10-25(43)11-9-20(2)33(44)36(37,38)39)27-12-13-28-32-29(18-31(35(27,28)7)47-23(5)42)34(6)15-14-26(45-21(3)40)16-24(34)17-30(32)46-22(4)41/h19-20,24,26-32H,8-18H2,1-7H3/t19-,20?,24+,26-,27-,28+,29+,30-,31+,32+,34+,35-/m1/s1. The number of rotatable bonds is 11. The third kappa shape index (κ3) is 7.74. The van der Waals surface area contributed by atoms with Gasteiger partial charge in [-0.2, -0.15) is 13.2 Å². The van der Waals surface area contributed by atoms with Crippen molar-refractivity contribution in [1.29, 1.82) is 0 Å². The van der Waals surface area contributed by atoms with Crippen LogP contribution in [0.1, 0.15) is 119 Å². The van der Waals surface area contributed by atoms with Crippen LogP contribution >= 0.6 is 0 Å². The minimum absolute atomic E-state index is 0.0636. The Morgan fingerprint density at radius 3 is 2.00 bits per heavy atom. The Kier molecular flexibility index (Phi) is 11.3. The zero-order chi connectivity index (χ0) is 35.1. The van der Waals surface area contributed by atoms with Gasteiger partial charge in [-0.3, -0.25) is 24.0 Å². The highest BCUT2D eigenvalue weighted by Crippen LogP contribution is 2.69. The monoisotopic (exact) mass is 670 g/mol. The Hall–Kier alpha value is -2.46. The first-order chi connectivity index (χ1) is 21.8. The third-order valence-corrected chi connectivity index (χ3v) is 12.9. The van der Waals surface area contributed by atoms with Crippen LogP contribution in [-0.2, 0) is 38.2 Å². The molecule has 4 rings (SSSR count). The van der Waals surface area contributed by atoms with Crippen LogP contribution in [0.4, 0.5) is 13.2 Å². The Morgan fingerprint density at radius 2 is 1.40 bits per heavy atom. The summed E-state index contributed by atoms with van der Waals surface area (Å²) in [6.45, 7) is 12.1. The van der Waals surface area contributed by atoms with Crippen LogP contribution in [0, 0.1) is 52.3 Å². The molecule has 47 heavy (non-hydrogen) atoms. The lowest BCUT2D eigenvalue weighted by molar-refractivity contribution is -0.224. The lowest BCUT2D eigenvalue weighted by atomic mass is 9.43. The number of Topliss-reactive ketones (excluding diaryl/α,β-unsaturated/α-hetero) is 2. The van der Waals surface area contributed by atoms with E-state index in [0.717, 1.165) is 25.7 Å². The third-order valence-electron chi connectivity index (χ3n) is 12.9. The van der Waals surface area contributed by atoms with Gasteiger partial charge in [0.1, 0.15) is 24.1 Å². The first-order valence-electron chi connectivity index (χ1n) is 17.4. The molecule has 0 bridgehead atoms. The van der Waals surface area contributed by atoms with E-state index in [9.17, 15) is 37.1 Å². The van der Waals surface area contributed by atoms with Crippen molar-refractivity contribution in [2.75, 3.05) is 0 Å². The average Bonchev–Trinajstić information content (AvgIpc) is 3.32. The second-order valence-electron chi connectivity index (χ2n) is 15.6. The van der Waals surface area contributed by atoms with Gasteiger partial charge in [-0.25, -0.2) is 0 Å². The topological polar surface area (TPSA) is 113 Å². The number of hydrogen-bond donors (Lipinski definition) is 0. The quantitative estimate of drug-likeness (QED) is 0.168. The number of carbonyl (C=O) groups is 5. The van der Waals surface area contributed by atoms with E-state index in [2.05, 4.69) is 20.8 Å². The van der Waals surface area contributed by atoms with Crippen molar-refractivity contribution in [1.82, 2.24) is 0 Å². The number of ketones is 2. The molecular formula is C36H53F3O8. The summed E-state index contributed by atoms with van der Waals surface area (Å²) in [5.74, 6) is -3.56. The van der Waals surface area contributed by atoms with Crippen molar-refractivity contribution in [3.8, 4) is 0 Å². The second-order valence-corrected chi connectivity index (χ2v) is 15.6. The lowest BCUT2D eigenvalue weighted by Crippen LogP contribution is -2.63. The van der Waals surface area contributed by atoms with E-state index in [-0.39, 0.29) is 102 Å². The van der Waals surface area contributed by atoms with Gasteiger partial charge in [-0.1, -0.05) is 27.7 Å². The normalized spacial score (nSPS) is 37.7. The van der Waals surface area contributed by atoms with Crippen LogP contribution in [0.5, 0.6) is 0 Å². The Morgan fingerprint density at radius 1 is 0.787 bits per heavy atom. The molecule has 0 radical (unpaired) electrons. The van der Waals surface area contributed by atoms with Gasteiger partial charge in [0.05, 0.1) is 0 Å². The highest BCUT2D eigenvalue weighted by Gasteiger charge is 2.67. The summed E-state index contributed by atoms with van der Waals surface area (Å²) in [5, 5.41) is 0. The van der Waals surface area contributed by atoms with Gasteiger partial charge < -0.3 is 14.2 Å². The van der Waals surface area contributed by atoms with Crippen molar-refractivity contribution in [3.05, 3.63) is 0 Å². The summed E-state index contributed by atoms with van der Waals surface area (Å²) >= 11 is 0. The minimum atomic E-state index is -4.91. The number of hydrogen-bond acceptors (Lipinski definition) is 8. The summed E-state index contributed by atoms with van der Waals surface area (Å²) < 4.78 is 56.2. The molecular weight excluding hydrogens is 617 g/mol. The van der Waals surface area contributed by atoms with Crippen LogP contribution in [0.25, 0.3) is 0 Å². The van der Waals surface area contributed by atoms with E-state index in [4.69, 9.17) is 14.2 Å². The van der Waals surface area contributed by atoms with Crippen molar-refractivity contribution in [2.24, 2.45) is 52.3 Å². The van der Waals surface area contributed by atoms with Crippen molar-refractivity contribution in [3.63, 3.8) is 0 Å². The van der Waals surface area contributed by atoms with Crippen LogP contribution in [-0.4, -0.2) is 54.0 Å². The van der Waals surface area contributed by atoms with Crippen molar-refractivity contribution in [2.45, 2.75) is 144 Å². The molecule has 4 fully saturated rings. The molecule has 12 atom stereocenters. The van der Waals surface area contributed by atoms with Gasteiger partial charge in [0.25, 0.3) is 0 Å². The van der Waals surface area contributed by atoms with E-state index < -0.39 is 23.3 Å². The lowest BCUT2D eigenvalue weighted by Gasteiger charge is -2.64. The van der Waals surface area contributed by atoms with E-state index in [1.165, 1.54) is 27.7 Å². The molecule has 0 amide bonds. The minimum Gasteiger partial charge on any atom is -0.463 e. The number of carbonyl (C=O) groups excluding carboxylic acids is 5. The molecule has 4 saturated carbocycles. The Balaban J connectivity index is 1.55. The predicted molar refractivity (Wildman–Crippen MR) is 166 cm³/mol. The molecule has 0 aromatic carbocycles. The molecule has 1 unspecified atom stereocenters. The largest absolute Gasteiger partial charge is 0.463 e. The number of alkyl halides is 3. The van der Waals surface area contributed by atoms with E-state index >= 15 is 0 Å². The van der Waals surface area contributed by atoms with Gasteiger partial charge in [-0.05, 0) is 92.8 Å². The maximum Gasteiger partial charge on any atom is 0.450 e. The molecule has 4 aliphatic rings. The van der Waals surface area contributed by atoms with Crippen molar-refractivity contribution < 1.29 is 51.4 Å². The van der Waals surface area contributed by atoms with E-state index in [0.29, 0.717) is 25.7 Å². The molecule has 8 nitrogen and oxygen atoms in total. The van der Waals surface area contributed by atoms with Gasteiger partial charge in [-0.15, -0.1) is 0 Å². The molecule has 0 aliphatic heterocycles. The van der Waals surface area contributed by atoms with Gasteiger partial charge >= 0.3 is 24.1 Å². The summed E-state index contributed by atoms with van der Waals surface area (Å²) in [6, 6.07) is 0. The SMILES string of the molecule is CC(=O)O[C@@H]1CC[C@@]2(C)[C@@H](C1)C[C@@H](OC(C)=O)[C@@H]1[C@@H]2C[C@H](OC(C)=O)[C@]2(C)[C@@H]([C@H](C)CCC(=O)CCC(C)C(=O)C(F)(F)F)CC[C@@H]12. The van der Waals surface area contributed by atoms with Crippen LogP contribution < -0.4 is 0 Å².